The molecular formula is C14H19NO5S. The summed E-state index contributed by atoms with van der Waals surface area (Å²) in [6.45, 7) is 1.21. The molecule has 7 heteroatoms. The van der Waals surface area contributed by atoms with Crippen LogP contribution in [-0.2, 0) is 10.0 Å². The number of rotatable bonds is 5. The Morgan fingerprint density at radius 2 is 1.95 bits per heavy atom. The lowest BCUT2D eigenvalue weighted by Gasteiger charge is -2.28. The first kappa shape index (κ1) is 15.9. The van der Waals surface area contributed by atoms with E-state index in [4.69, 9.17) is 5.11 Å². The topological polar surface area (TPSA) is 104 Å². The Morgan fingerprint density at radius 1 is 1.33 bits per heavy atom. The molecule has 2 rings (SSSR count). The third-order valence-electron chi connectivity index (χ3n) is 4.02. The van der Waals surface area contributed by atoms with Gasteiger partial charge in [0.25, 0.3) is 0 Å². The van der Waals surface area contributed by atoms with Crippen molar-refractivity contribution in [2.24, 2.45) is 0 Å². The Balaban J connectivity index is 2.41. The monoisotopic (exact) mass is 313 g/mol. The average molecular weight is 313 g/mol. The molecule has 6 nitrogen and oxygen atoms in total. The van der Waals surface area contributed by atoms with Crippen LogP contribution in [0.25, 0.3) is 0 Å². The summed E-state index contributed by atoms with van der Waals surface area (Å²) in [6.07, 6.45) is 2.88. The number of carbonyl (C=O) groups is 1. The number of benzene rings is 1. The van der Waals surface area contributed by atoms with Crippen LogP contribution in [0.5, 0.6) is 0 Å². The van der Waals surface area contributed by atoms with Crippen LogP contribution in [0.3, 0.4) is 0 Å². The lowest BCUT2D eigenvalue weighted by molar-refractivity contribution is 0.0696. The molecule has 116 valence electrons. The number of aliphatic hydroxyl groups excluding tert-OH is 1. The number of aliphatic hydroxyl groups is 1. The van der Waals surface area contributed by atoms with Gasteiger partial charge < -0.3 is 10.2 Å². The normalized spacial score (nSPS) is 17.8. The maximum Gasteiger partial charge on any atom is 0.335 e. The predicted octanol–water partition coefficient (Wildman–Crippen LogP) is 1.28. The second-order valence-electron chi connectivity index (χ2n) is 5.48. The van der Waals surface area contributed by atoms with E-state index in [1.54, 1.807) is 0 Å². The average Bonchev–Trinajstić information content (AvgIpc) is 2.86. The van der Waals surface area contributed by atoms with E-state index in [2.05, 4.69) is 4.72 Å². The van der Waals surface area contributed by atoms with Crippen LogP contribution in [-0.4, -0.2) is 36.7 Å². The fourth-order valence-corrected chi connectivity index (χ4v) is 4.54. The summed E-state index contributed by atoms with van der Waals surface area (Å²) in [5, 5.41) is 18.6. The molecule has 1 aromatic rings. The summed E-state index contributed by atoms with van der Waals surface area (Å²) in [7, 11) is -3.87. The molecule has 0 bridgehead atoms. The van der Waals surface area contributed by atoms with E-state index in [1.807, 2.05) is 0 Å². The molecule has 0 aliphatic heterocycles. The summed E-state index contributed by atoms with van der Waals surface area (Å²) in [5.74, 6) is -1.16. The summed E-state index contributed by atoms with van der Waals surface area (Å²) >= 11 is 0. The van der Waals surface area contributed by atoms with Crippen LogP contribution in [0.15, 0.2) is 23.1 Å². The maximum atomic E-state index is 12.5. The molecule has 1 aliphatic carbocycles. The number of nitrogens with one attached hydrogen (secondary N) is 1. The molecule has 0 unspecified atom stereocenters. The van der Waals surface area contributed by atoms with Gasteiger partial charge in [0.2, 0.25) is 10.0 Å². The van der Waals surface area contributed by atoms with E-state index < -0.39 is 21.5 Å². The summed E-state index contributed by atoms with van der Waals surface area (Å²) in [4.78, 5) is 11.1. The Morgan fingerprint density at radius 3 is 2.48 bits per heavy atom. The van der Waals surface area contributed by atoms with Crippen LogP contribution in [0.2, 0.25) is 0 Å². The molecule has 0 amide bonds. The van der Waals surface area contributed by atoms with Gasteiger partial charge in [0.15, 0.2) is 0 Å². The highest BCUT2D eigenvalue weighted by Crippen LogP contribution is 2.31. The highest BCUT2D eigenvalue weighted by atomic mass is 32.2. The second kappa shape index (κ2) is 5.75. The van der Waals surface area contributed by atoms with Gasteiger partial charge in [-0.15, -0.1) is 0 Å². The zero-order valence-electron chi connectivity index (χ0n) is 11.8. The van der Waals surface area contributed by atoms with Crippen LogP contribution < -0.4 is 4.72 Å². The summed E-state index contributed by atoms with van der Waals surface area (Å²) in [6, 6.07) is 4.16. The van der Waals surface area contributed by atoms with Gasteiger partial charge >= 0.3 is 5.97 Å². The predicted molar refractivity (Wildman–Crippen MR) is 76.7 cm³/mol. The molecule has 1 fully saturated rings. The first-order valence-electron chi connectivity index (χ1n) is 6.79. The molecule has 0 aromatic heterocycles. The summed E-state index contributed by atoms with van der Waals surface area (Å²) < 4.78 is 27.6. The fourth-order valence-electron chi connectivity index (χ4n) is 2.82. The minimum absolute atomic E-state index is 0.0395. The third kappa shape index (κ3) is 3.09. The van der Waals surface area contributed by atoms with Crippen LogP contribution in [0.1, 0.15) is 41.6 Å². The molecule has 21 heavy (non-hydrogen) atoms. The maximum absolute atomic E-state index is 12.5. The zero-order valence-corrected chi connectivity index (χ0v) is 12.6. The largest absolute Gasteiger partial charge is 0.478 e. The lowest BCUT2D eigenvalue weighted by atomic mass is 10.0. The van der Waals surface area contributed by atoms with Gasteiger partial charge in [-0.3, -0.25) is 0 Å². The van der Waals surface area contributed by atoms with Gasteiger partial charge in [-0.1, -0.05) is 18.9 Å². The van der Waals surface area contributed by atoms with Gasteiger partial charge in [0.1, 0.15) is 0 Å². The Labute approximate surface area is 123 Å². The first-order valence-corrected chi connectivity index (χ1v) is 8.27. The van der Waals surface area contributed by atoms with E-state index in [0.29, 0.717) is 12.8 Å². The van der Waals surface area contributed by atoms with Crippen molar-refractivity contribution in [2.45, 2.75) is 43.0 Å². The van der Waals surface area contributed by atoms with Crippen molar-refractivity contribution in [3.05, 3.63) is 29.3 Å². The highest BCUT2D eigenvalue weighted by Gasteiger charge is 2.38. The number of carboxylic acids is 1. The fraction of sp³-hybridized carbons (Fsp3) is 0.500. The lowest BCUT2D eigenvalue weighted by Crippen LogP contribution is -2.49. The minimum Gasteiger partial charge on any atom is -0.478 e. The molecular weight excluding hydrogens is 294 g/mol. The summed E-state index contributed by atoms with van der Waals surface area (Å²) in [5.41, 5.74) is -0.671. The number of carboxylic acid groups (broad SMARTS) is 1. The molecule has 1 aliphatic rings. The number of hydrogen-bond acceptors (Lipinski definition) is 4. The molecule has 1 saturated carbocycles. The smallest absolute Gasteiger partial charge is 0.335 e. The molecule has 0 radical (unpaired) electrons. The number of hydrogen-bond donors (Lipinski definition) is 3. The SMILES string of the molecule is Cc1c(C(=O)O)cccc1S(=O)(=O)NC1(CO)CCCC1. The Bertz CT molecular complexity index is 647. The van der Waals surface area contributed by atoms with Crippen molar-refractivity contribution in [3.8, 4) is 0 Å². The molecule has 1 aromatic carbocycles. The van der Waals surface area contributed by atoms with E-state index in [-0.39, 0.29) is 22.6 Å². The van der Waals surface area contributed by atoms with Crippen molar-refractivity contribution < 1.29 is 23.4 Å². The van der Waals surface area contributed by atoms with Gasteiger partial charge in [-0.05, 0) is 37.5 Å². The van der Waals surface area contributed by atoms with E-state index in [1.165, 1.54) is 25.1 Å². The molecule has 0 atom stereocenters. The molecule has 0 heterocycles. The Kier molecular flexibility index (Phi) is 4.36. The van der Waals surface area contributed by atoms with E-state index in [0.717, 1.165) is 12.8 Å². The van der Waals surface area contributed by atoms with Gasteiger partial charge in [-0.2, -0.15) is 0 Å². The number of aromatic carboxylic acids is 1. The molecule has 0 saturated heterocycles. The van der Waals surface area contributed by atoms with Crippen molar-refractivity contribution in [1.29, 1.82) is 0 Å². The van der Waals surface area contributed by atoms with Crippen molar-refractivity contribution in [2.75, 3.05) is 6.61 Å². The first-order chi connectivity index (χ1) is 9.81. The quantitative estimate of drug-likeness (QED) is 0.759. The number of sulfonamides is 1. The van der Waals surface area contributed by atoms with Crippen LogP contribution >= 0.6 is 0 Å². The van der Waals surface area contributed by atoms with E-state index >= 15 is 0 Å². The van der Waals surface area contributed by atoms with Gasteiger partial charge in [-0.25, -0.2) is 17.9 Å². The van der Waals surface area contributed by atoms with Crippen LogP contribution in [0.4, 0.5) is 0 Å². The van der Waals surface area contributed by atoms with Crippen molar-refractivity contribution in [3.63, 3.8) is 0 Å². The van der Waals surface area contributed by atoms with Crippen molar-refractivity contribution in [1.82, 2.24) is 4.72 Å². The van der Waals surface area contributed by atoms with E-state index in [9.17, 15) is 18.3 Å². The molecule has 3 N–H and O–H groups in total. The third-order valence-corrected chi connectivity index (χ3v) is 5.74. The highest BCUT2D eigenvalue weighted by molar-refractivity contribution is 7.89. The minimum atomic E-state index is -3.87. The van der Waals surface area contributed by atoms with Gasteiger partial charge in [0.05, 0.1) is 22.6 Å². The van der Waals surface area contributed by atoms with Crippen LogP contribution in [0, 0.1) is 6.92 Å². The zero-order chi connectivity index (χ0) is 15.7. The standard InChI is InChI=1S/C14H19NO5S/c1-10-11(13(17)18)5-4-6-12(10)21(19,20)15-14(9-16)7-2-3-8-14/h4-6,15-16H,2-3,7-9H2,1H3,(H,17,18). The Hall–Kier alpha value is -1.44. The second-order valence-corrected chi connectivity index (χ2v) is 7.14. The van der Waals surface area contributed by atoms with Crippen molar-refractivity contribution >= 4 is 16.0 Å². The van der Waals surface area contributed by atoms with Gasteiger partial charge in [0, 0.05) is 0 Å². The molecule has 0 spiro atoms.